The molecule has 0 aromatic heterocycles. The van der Waals surface area contributed by atoms with Gasteiger partial charge in [-0.15, -0.1) is 0 Å². The second-order valence-electron chi connectivity index (χ2n) is 1.84. The average Bonchev–Trinajstić information content (AvgIpc) is 1.91. The van der Waals surface area contributed by atoms with E-state index >= 15 is 0 Å². The van der Waals surface area contributed by atoms with Crippen LogP contribution in [0.1, 0.15) is 5.56 Å². The minimum absolute atomic E-state index is 1.00. The Morgan fingerprint density at radius 3 is 2.44 bits per heavy atom. The zero-order valence-electron chi connectivity index (χ0n) is 5.05. The topological polar surface area (TPSA) is 0 Å². The Morgan fingerprint density at radius 2 is 1.89 bits per heavy atom. The lowest BCUT2D eigenvalue weighted by Crippen LogP contribution is -1.77. The number of benzene rings is 1. The average molecular weight is 184 g/mol. The van der Waals surface area contributed by atoms with Gasteiger partial charge in [0.2, 0.25) is 0 Å². The van der Waals surface area contributed by atoms with Crippen molar-refractivity contribution in [2.45, 2.75) is 6.42 Å². The monoisotopic (exact) mass is 183 g/mol. The molecule has 1 heteroatoms. The van der Waals surface area contributed by atoms with E-state index in [0.717, 1.165) is 6.42 Å². The SMILES string of the molecule is Br[CH]Cc1ccccc1. The Morgan fingerprint density at radius 1 is 1.22 bits per heavy atom. The van der Waals surface area contributed by atoms with E-state index in [1.54, 1.807) is 0 Å². The van der Waals surface area contributed by atoms with Crippen LogP contribution in [0.5, 0.6) is 0 Å². The molecule has 0 bridgehead atoms. The molecule has 0 amide bonds. The lowest BCUT2D eigenvalue weighted by Gasteiger charge is -1.92. The van der Waals surface area contributed by atoms with Crippen molar-refractivity contribution >= 4 is 15.9 Å². The van der Waals surface area contributed by atoms with Crippen LogP contribution < -0.4 is 0 Å². The molecule has 0 N–H and O–H groups in total. The summed E-state index contributed by atoms with van der Waals surface area (Å²) in [6.07, 6.45) is 1.00. The fourth-order valence-corrected chi connectivity index (χ4v) is 1.08. The fourth-order valence-electron chi connectivity index (χ4n) is 0.703. The van der Waals surface area contributed by atoms with Crippen molar-refractivity contribution in [1.29, 1.82) is 0 Å². The summed E-state index contributed by atoms with van der Waals surface area (Å²) in [5, 5.41) is 1.97. The highest BCUT2D eigenvalue weighted by Gasteiger charge is 1.85. The van der Waals surface area contributed by atoms with Gasteiger partial charge in [-0.2, -0.15) is 0 Å². The molecule has 0 aliphatic rings. The second-order valence-corrected chi connectivity index (χ2v) is 2.49. The minimum Gasteiger partial charge on any atom is -0.0875 e. The quantitative estimate of drug-likeness (QED) is 0.662. The van der Waals surface area contributed by atoms with E-state index in [0.29, 0.717) is 0 Å². The van der Waals surface area contributed by atoms with Crippen molar-refractivity contribution in [2.75, 3.05) is 0 Å². The van der Waals surface area contributed by atoms with Crippen molar-refractivity contribution in [2.24, 2.45) is 0 Å². The van der Waals surface area contributed by atoms with Gasteiger partial charge in [0.05, 0.1) is 0 Å². The van der Waals surface area contributed by atoms with Crippen LogP contribution in [-0.2, 0) is 6.42 Å². The van der Waals surface area contributed by atoms with Gasteiger partial charge < -0.3 is 0 Å². The summed E-state index contributed by atoms with van der Waals surface area (Å²) in [5.74, 6) is 0. The molecule has 1 aromatic rings. The van der Waals surface area contributed by atoms with Gasteiger partial charge in [0, 0.05) is 5.33 Å². The highest BCUT2D eigenvalue weighted by molar-refractivity contribution is 9.10. The summed E-state index contributed by atoms with van der Waals surface area (Å²) >= 11 is 3.26. The molecule has 0 saturated carbocycles. The van der Waals surface area contributed by atoms with E-state index in [-0.39, 0.29) is 0 Å². The largest absolute Gasteiger partial charge is 0.0875 e. The van der Waals surface area contributed by atoms with Crippen LogP contribution in [0, 0.1) is 5.33 Å². The maximum absolute atomic E-state index is 3.26. The molecule has 1 aromatic carbocycles. The third-order valence-corrected chi connectivity index (χ3v) is 1.48. The Balaban J connectivity index is 2.61. The normalized spacial score (nSPS) is 9.44. The van der Waals surface area contributed by atoms with Crippen molar-refractivity contribution in [1.82, 2.24) is 0 Å². The van der Waals surface area contributed by atoms with Crippen molar-refractivity contribution < 1.29 is 0 Å². The van der Waals surface area contributed by atoms with E-state index in [1.807, 2.05) is 23.5 Å². The summed E-state index contributed by atoms with van der Waals surface area (Å²) in [5.41, 5.74) is 1.34. The molecule has 0 heterocycles. The first-order valence-electron chi connectivity index (χ1n) is 2.89. The van der Waals surface area contributed by atoms with E-state index in [9.17, 15) is 0 Å². The van der Waals surface area contributed by atoms with Crippen LogP contribution in [0.25, 0.3) is 0 Å². The number of rotatable bonds is 2. The van der Waals surface area contributed by atoms with E-state index in [4.69, 9.17) is 0 Å². The van der Waals surface area contributed by atoms with Crippen LogP contribution in [0.15, 0.2) is 30.3 Å². The molecule has 0 atom stereocenters. The Bertz CT molecular complexity index is 157. The summed E-state index contributed by atoms with van der Waals surface area (Å²) in [4.78, 5) is 0. The Hall–Kier alpha value is -0.300. The van der Waals surface area contributed by atoms with Crippen LogP contribution in [0.4, 0.5) is 0 Å². The summed E-state index contributed by atoms with van der Waals surface area (Å²) in [7, 11) is 0. The van der Waals surface area contributed by atoms with Gasteiger partial charge in [-0.25, -0.2) is 0 Å². The predicted octanol–water partition coefficient (Wildman–Crippen LogP) is 2.79. The third kappa shape index (κ3) is 2.19. The van der Waals surface area contributed by atoms with Crippen molar-refractivity contribution in [3.8, 4) is 0 Å². The molecule has 0 unspecified atom stereocenters. The van der Waals surface area contributed by atoms with Gasteiger partial charge in [0.15, 0.2) is 0 Å². The molecule has 0 spiro atoms. The van der Waals surface area contributed by atoms with Gasteiger partial charge in [-0.1, -0.05) is 46.3 Å². The lowest BCUT2D eigenvalue weighted by molar-refractivity contribution is 1.26. The number of hydrogen-bond acceptors (Lipinski definition) is 0. The Labute approximate surface area is 64.0 Å². The fraction of sp³-hybridized carbons (Fsp3) is 0.125. The third-order valence-electron chi connectivity index (χ3n) is 1.16. The second kappa shape index (κ2) is 3.67. The summed E-state index contributed by atoms with van der Waals surface area (Å²) in [6, 6.07) is 10.3. The molecular formula is C8H8Br. The first-order valence-corrected chi connectivity index (χ1v) is 3.81. The van der Waals surface area contributed by atoms with Crippen LogP contribution in [0.3, 0.4) is 0 Å². The summed E-state index contributed by atoms with van der Waals surface area (Å²) < 4.78 is 0. The number of hydrogen-bond donors (Lipinski definition) is 0. The molecular weight excluding hydrogens is 176 g/mol. The zero-order valence-corrected chi connectivity index (χ0v) is 6.64. The lowest BCUT2D eigenvalue weighted by atomic mass is 10.2. The number of halogens is 1. The highest BCUT2D eigenvalue weighted by atomic mass is 79.9. The van der Waals surface area contributed by atoms with Gasteiger partial charge in [0.25, 0.3) is 0 Å². The van der Waals surface area contributed by atoms with Crippen molar-refractivity contribution in [3.05, 3.63) is 41.2 Å². The van der Waals surface area contributed by atoms with Gasteiger partial charge in [-0.3, -0.25) is 0 Å². The van der Waals surface area contributed by atoms with Crippen molar-refractivity contribution in [3.63, 3.8) is 0 Å². The minimum atomic E-state index is 1.00. The molecule has 0 fully saturated rings. The van der Waals surface area contributed by atoms with Crippen LogP contribution >= 0.6 is 15.9 Å². The molecule has 1 radical (unpaired) electrons. The molecule has 1 rings (SSSR count). The van der Waals surface area contributed by atoms with Gasteiger partial charge in [-0.05, 0) is 12.0 Å². The molecule has 0 saturated heterocycles. The Kier molecular flexibility index (Phi) is 2.78. The molecule has 0 aliphatic carbocycles. The first kappa shape index (κ1) is 6.81. The first-order chi connectivity index (χ1) is 4.43. The van der Waals surface area contributed by atoms with Crippen LogP contribution in [0.2, 0.25) is 0 Å². The molecule has 0 aliphatic heterocycles. The molecule has 0 nitrogen and oxygen atoms in total. The maximum atomic E-state index is 3.26. The maximum Gasteiger partial charge on any atom is 0.0314 e. The van der Waals surface area contributed by atoms with E-state index in [1.165, 1.54) is 5.56 Å². The van der Waals surface area contributed by atoms with Crippen LogP contribution in [-0.4, -0.2) is 0 Å². The van der Waals surface area contributed by atoms with Gasteiger partial charge in [0.1, 0.15) is 0 Å². The summed E-state index contributed by atoms with van der Waals surface area (Å²) in [6.45, 7) is 0. The molecule has 47 valence electrons. The zero-order chi connectivity index (χ0) is 6.53. The molecule has 9 heavy (non-hydrogen) atoms. The van der Waals surface area contributed by atoms with E-state index < -0.39 is 0 Å². The predicted molar refractivity (Wildman–Crippen MR) is 43.4 cm³/mol. The smallest absolute Gasteiger partial charge is 0.0314 e. The standard InChI is InChI=1S/C8H8Br/c9-7-6-8-4-2-1-3-5-8/h1-5,7H,6H2. The highest BCUT2D eigenvalue weighted by Crippen LogP contribution is 2.03. The van der Waals surface area contributed by atoms with Gasteiger partial charge >= 0.3 is 0 Å². The van der Waals surface area contributed by atoms with E-state index in [2.05, 4.69) is 28.1 Å².